The highest BCUT2D eigenvalue weighted by Gasteiger charge is 2.12. The highest BCUT2D eigenvalue weighted by molar-refractivity contribution is 5.80. The molecule has 0 spiro atoms. The van der Waals surface area contributed by atoms with Crippen molar-refractivity contribution in [3.63, 3.8) is 0 Å². The molecule has 0 saturated heterocycles. The Balaban J connectivity index is 3.30. The van der Waals surface area contributed by atoms with Crippen molar-refractivity contribution in [2.24, 2.45) is 0 Å². The SMILES string of the molecule is Cc1cc([N+](=O)[O-])c(C=O)cn1. The van der Waals surface area contributed by atoms with Crippen LogP contribution in [0.15, 0.2) is 12.3 Å². The molecule has 1 rings (SSSR count). The minimum Gasteiger partial charge on any atom is -0.298 e. The molecule has 0 aliphatic rings. The third kappa shape index (κ3) is 1.45. The monoisotopic (exact) mass is 166 g/mol. The molecule has 0 fully saturated rings. The fraction of sp³-hybridized carbons (Fsp3) is 0.143. The molecule has 0 N–H and O–H groups in total. The van der Waals surface area contributed by atoms with Crippen LogP contribution >= 0.6 is 0 Å². The zero-order chi connectivity index (χ0) is 9.14. The van der Waals surface area contributed by atoms with Crippen molar-refractivity contribution in [2.75, 3.05) is 0 Å². The predicted molar refractivity (Wildman–Crippen MR) is 41.0 cm³/mol. The van der Waals surface area contributed by atoms with Crippen LogP contribution in [0.5, 0.6) is 0 Å². The Morgan fingerprint density at radius 1 is 1.67 bits per heavy atom. The zero-order valence-corrected chi connectivity index (χ0v) is 6.35. The number of carbonyl (C=O) groups is 1. The van der Waals surface area contributed by atoms with Gasteiger partial charge in [-0.2, -0.15) is 0 Å². The van der Waals surface area contributed by atoms with Gasteiger partial charge < -0.3 is 0 Å². The molecule has 0 atom stereocenters. The van der Waals surface area contributed by atoms with Crippen molar-refractivity contribution in [3.05, 3.63) is 33.6 Å². The molecule has 62 valence electrons. The van der Waals surface area contributed by atoms with Crippen molar-refractivity contribution < 1.29 is 9.72 Å². The molecule has 0 unspecified atom stereocenters. The molecule has 0 saturated carbocycles. The minimum absolute atomic E-state index is 0.00519. The normalized spacial score (nSPS) is 9.42. The summed E-state index contributed by atoms with van der Waals surface area (Å²) in [5.74, 6) is 0. The van der Waals surface area contributed by atoms with Crippen LogP contribution in [0.3, 0.4) is 0 Å². The van der Waals surface area contributed by atoms with Crippen molar-refractivity contribution >= 4 is 12.0 Å². The van der Waals surface area contributed by atoms with E-state index in [0.717, 1.165) is 0 Å². The maximum absolute atomic E-state index is 10.4. The van der Waals surface area contributed by atoms with Crippen molar-refractivity contribution in [1.29, 1.82) is 0 Å². The first-order valence-corrected chi connectivity index (χ1v) is 3.21. The van der Waals surface area contributed by atoms with E-state index in [1.807, 2.05) is 0 Å². The average Bonchev–Trinajstić information content (AvgIpc) is 2.04. The Kier molecular flexibility index (Phi) is 2.14. The lowest BCUT2D eigenvalue weighted by molar-refractivity contribution is -0.385. The summed E-state index contributed by atoms with van der Waals surface area (Å²) in [6, 6.07) is 1.27. The maximum Gasteiger partial charge on any atom is 0.283 e. The van der Waals surface area contributed by atoms with Gasteiger partial charge in [0.1, 0.15) is 5.56 Å². The van der Waals surface area contributed by atoms with Crippen LogP contribution in [0, 0.1) is 17.0 Å². The molecule has 0 bridgehead atoms. The Bertz CT molecular complexity index is 335. The Hall–Kier alpha value is -1.78. The summed E-state index contributed by atoms with van der Waals surface area (Å²) in [7, 11) is 0. The van der Waals surface area contributed by atoms with Crippen LogP contribution in [0.2, 0.25) is 0 Å². The molecule has 0 radical (unpaired) electrons. The van der Waals surface area contributed by atoms with Crippen LogP contribution in [0.1, 0.15) is 16.1 Å². The second-order valence-corrected chi connectivity index (χ2v) is 2.26. The van der Waals surface area contributed by atoms with Gasteiger partial charge in [-0.15, -0.1) is 0 Å². The smallest absolute Gasteiger partial charge is 0.283 e. The Morgan fingerprint density at radius 2 is 2.33 bits per heavy atom. The van der Waals surface area contributed by atoms with Gasteiger partial charge in [-0.3, -0.25) is 19.9 Å². The summed E-state index contributed by atoms with van der Waals surface area (Å²) in [4.78, 5) is 23.8. The van der Waals surface area contributed by atoms with E-state index in [9.17, 15) is 14.9 Å². The summed E-state index contributed by atoms with van der Waals surface area (Å²) < 4.78 is 0. The first kappa shape index (κ1) is 8.32. The van der Waals surface area contributed by atoms with Gasteiger partial charge in [0, 0.05) is 18.0 Å². The lowest BCUT2D eigenvalue weighted by atomic mass is 10.2. The van der Waals surface area contributed by atoms with E-state index in [2.05, 4.69) is 4.98 Å². The summed E-state index contributed by atoms with van der Waals surface area (Å²) in [6.45, 7) is 1.63. The Morgan fingerprint density at radius 3 is 2.83 bits per heavy atom. The van der Waals surface area contributed by atoms with Crippen LogP contribution in [0.4, 0.5) is 5.69 Å². The highest BCUT2D eigenvalue weighted by atomic mass is 16.6. The standard InChI is InChI=1S/C7H6N2O3/c1-5-2-7(9(11)12)6(4-10)3-8-5/h2-4H,1H3. The van der Waals surface area contributed by atoms with E-state index in [4.69, 9.17) is 0 Å². The number of aryl methyl sites for hydroxylation is 1. The number of hydrogen-bond donors (Lipinski definition) is 0. The van der Waals surface area contributed by atoms with Gasteiger partial charge in [0.25, 0.3) is 5.69 Å². The number of carbonyl (C=O) groups excluding carboxylic acids is 1. The third-order valence-electron chi connectivity index (χ3n) is 1.37. The fourth-order valence-electron chi connectivity index (χ4n) is 0.805. The van der Waals surface area contributed by atoms with Gasteiger partial charge in [-0.1, -0.05) is 0 Å². The van der Waals surface area contributed by atoms with Gasteiger partial charge in [-0.25, -0.2) is 0 Å². The molecular formula is C7H6N2O3. The van der Waals surface area contributed by atoms with E-state index >= 15 is 0 Å². The quantitative estimate of drug-likeness (QED) is 0.374. The first-order valence-electron chi connectivity index (χ1n) is 3.21. The molecule has 0 aliphatic heterocycles. The summed E-state index contributed by atoms with van der Waals surface area (Å²) in [5, 5.41) is 10.4. The fourth-order valence-corrected chi connectivity index (χ4v) is 0.805. The number of hydrogen-bond acceptors (Lipinski definition) is 4. The largest absolute Gasteiger partial charge is 0.298 e. The second kappa shape index (κ2) is 3.08. The molecule has 1 aromatic heterocycles. The van der Waals surface area contributed by atoms with E-state index in [1.165, 1.54) is 12.3 Å². The number of pyridine rings is 1. The van der Waals surface area contributed by atoms with Crippen molar-refractivity contribution in [3.8, 4) is 0 Å². The van der Waals surface area contributed by atoms with Gasteiger partial charge in [0.2, 0.25) is 0 Å². The number of aldehydes is 1. The lowest BCUT2D eigenvalue weighted by Crippen LogP contribution is -1.96. The van der Waals surface area contributed by atoms with Crippen LogP contribution in [0.25, 0.3) is 0 Å². The summed E-state index contributed by atoms with van der Waals surface area (Å²) >= 11 is 0. The van der Waals surface area contributed by atoms with E-state index in [1.54, 1.807) is 6.92 Å². The number of aromatic nitrogens is 1. The van der Waals surface area contributed by atoms with Gasteiger partial charge in [0.15, 0.2) is 6.29 Å². The number of nitrogens with zero attached hydrogens (tertiary/aromatic N) is 2. The number of nitro groups is 1. The molecule has 1 aromatic rings. The van der Waals surface area contributed by atoms with E-state index in [-0.39, 0.29) is 11.3 Å². The topological polar surface area (TPSA) is 73.1 Å². The zero-order valence-electron chi connectivity index (χ0n) is 6.35. The minimum atomic E-state index is -0.599. The third-order valence-corrected chi connectivity index (χ3v) is 1.37. The molecule has 0 aliphatic carbocycles. The molecule has 5 nitrogen and oxygen atoms in total. The Labute approximate surface area is 68.2 Å². The van der Waals surface area contributed by atoms with Gasteiger partial charge in [-0.05, 0) is 6.92 Å². The van der Waals surface area contributed by atoms with Crippen LogP contribution in [-0.4, -0.2) is 16.2 Å². The predicted octanol–water partition coefficient (Wildman–Crippen LogP) is 1.11. The molecular weight excluding hydrogens is 160 g/mol. The van der Waals surface area contributed by atoms with Crippen molar-refractivity contribution in [2.45, 2.75) is 6.92 Å². The summed E-state index contributed by atoms with van der Waals surface area (Å²) in [6.07, 6.45) is 1.62. The van der Waals surface area contributed by atoms with E-state index < -0.39 is 4.92 Å². The average molecular weight is 166 g/mol. The first-order chi connectivity index (χ1) is 5.65. The van der Waals surface area contributed by atoms with Crippen molar-refractivity contribution in [1.82, 2.24) is 4.98 Å². The van der Waals surface area contributed by atoms with E-state index in [0.29, 0.717) is 12.0 Å². The van der Waals surface area contributed by atoms with Crippen LogP contribution in [-0.2, 0) is 0 Å². The van der Waals surface area contributed by atoms with Crippen LogP contribution < -0.4 is 0 Å². The highest BCUT2D eigenvalue weighted by Crippen LogP contribution is 2.15. The van der Waals surface area contributed by atoms with Gasteiger partial charge in [0.05, 0.1) is 4.92 Å². The summed E-state index contributed by atoms with van der Waals surface area (Å²) in [5.41, 5.74) is 0.329. The maximum atomic E-state index is 10.4. The molecule has 12 heavy (non-hydrogen) atoms. The second-order valence-electron chi connectivity index (χ2n) is 2.26. The molecule has 0 aromatic carbocycles. The number of rotatable bonds is 2. The van der Waals surface area contributed by atoms with Gasteiger partial charge >= 0.3 is 0 Å². The lowest BCUT2D eigenvalue weighted by Gasteiger charge is -1.95. The molecule has 5 heteroatoms. The molecule has 0 amide bonds. The molecule has 1 heterocycles.